The predicted octanol–water partition coefficient (Wildman–Crippen LogP) is 3.23. The van der Waals surface area contributed by atoms with E-state index in [9.17, 15) is 14.7 Å². The fraction of sp³-hybridized carbons (Fsp3) is 0.375. The summed E-state index contributed by atoms with van der Waals surface area (Å²) < 4.78 is 1.08. The van der Waals surface area contributed by atoms with Crippen LogP contribution in [0.3, 0.4) is 0 Å². The molecule has 0 bridgehead atoms. The van der Waals surface area contributed by atoms with Gasteiger partial charge in [0, 0.05) is 28.6 Å². The normalized spacial score (nSPS) is 21.9. The monoisotopic (exact) mass is 303 g/mol. The summed E-state index contributed by atoms with van der Waals surface area (Å²) in [5.41, 5.74) is -0.0884. The number of fused-ring (bicyclic) bond motifs is 1. The van der Waals surface area contributed by atoms with E-state index in [0.717, 1.165) is 10.1 Å². The summed E-state index contributed by atoms with van der Waals surface area (Å²) in [6.07, 6.45) is 1.09. The molecule has 1 amide bonds. The molecule has 4 nitrogen and oxygen atoms in total. The Balaban J connectivity index is 1.89. The van der Waals surface area contributed by atoms with Gasteiger partial charge in [-0.1, -0.05) is 25.1 Å². The van der Waals surface area contributed by atoms with Gasteiger partial charge < -0.3 is 10.0 Å². The number of nitrogens with zero attached hydrogens (tertiary/aromatic N) is 1. The maximum atomic E-state index is 12.7. The van der Waals surface area contributed by atoms with Crippen molar-refractivity contribution in [2.75, 3.05) is 13.1 Å². The number of benzene rings is 1. The lowest BCUT2D eigenvalue weighted by Crippen LogP contribution is -2.36. The van der Waals surface area contributed by atoms with Crippen LogP contribution in [0.4, 0.5) is 0 Å². The fourth-order valence-electron chi connectivity index (χ4n) is 2.97. The zero-order valence-electron chi connectivity index (χ0n) is 11.8. The second kappa shape index (κ2) is 5.15. The number of rotatable bonds is 3. The Morgan fingerprint density at radius 2 is 2.14 bits per heavy atom. The average Bonchev–Trinajstić information content (AvgIpc) is 3.12. The maximum Gasteiger partial charge on any atom is 0.311 e. The van der Waals surface area contributed by atoms with Crippen LogP contribution in [0.5, 0.6) is 0 Å². The third-order valence-electron chi connectivity index (χ3n) is 4.48. The van der Waals surface area contributed by atoms with E-state index in [1.807, 2.05) is 36.6 Å². The molecule has 0 aliphatic carbocycles. The standard InChI is InChI=1S/C16H17NO3S/c1-2-16(15(19)20)7-8-17(10-16)14(18)12-9-21-13-6-4-3-5-11(12)13/h3-6,9H,2,7-8,10H2,1H3,(H,19,20). The van der Waals surface area contributed by atoms with Crippen molar-refractivity contribution in [1.82, 2.24) is 4.90 Å². The maximum absolute atomic E-state index is 12.7. The predicted molar refractivity (Wildman–Crippen MR) is 82.7 cm³/mol. The SMILES string of the molecule is CCC1(C(=O)O)CCN(C(=O)c2csc3ccccc23)C1. The number of carbonyl (C=O) groups excluding carboxylic acids is 1. The Hall–Kier alpha value is -1.88. The highest BCUT2D eigenvalue weighted by Crippen LogP contribution is 2.36. The zero-order chi connectivity index (χ0) is 15.0. The molecule has 1 saturated heterocycles. The molecule has 0 radical (unpaired) electrons. The molecular formula is C16H17NO3S. The molecule has 1 N–H and O–H groups in total. The topological polar surface area (TPSA) is 57.6 Å². The fourth-order valence-corrected chi connectivity index (χ4v) is 3.91. The van der Waals surface area contributed by atoms with Crippen LogP contribution in [-0.4, -0.2) is 35.0 Å². The second-order valence-electron chi connectivity index (χ2n) is 5.56. The Bertz CT molecular complexity index is 708. The van der Waals surface area contributed by atoms with Gasteiger partial charge in [0.1, 0.15) is 0 Å². The Kier molecular flexibility index (Phi) is 3.45. The summed E-state index contributed by atoms with van der Waals surface area (Å²) in [5, 5.41) is 12.3. The van der Waals surface area contributed by atoms with Crippen molar-refractivity contribution in [3.8, 4) is 0 Å². The molecule has 2 heterocycles. The molecule has 2 aromatic rings. The number of hydrogen-bond acceptors (Lipinski definition) is 3. The van der Waals surface area contributed by atoms with E-state index in [4.69, 9.17) is 0 Å². The number of thiophene rings is 1. The van der Waals surface area contributed by atoms with Crippen LogP contribution in [0.15, 0.2) is 29.6 Å². The van der Waals surface area contributed by atoms with Crippen LogP contribution in [0, 0.1) is 5.41 Å². The minimum Gasteiger partial charge on any atom is -0.481 e. The van der Waals surface area contributed by atoms with E-state index < -0.39 is 11.4 Å². The number of carbonyl (C=O) groups is 2. The summed E-state index contributed by atoms with van der Waals surface area (Å²) in [6, 6.07) is 7.81. The van der Waals surface area contributed by atoms with Crippen molar-refractivity contribution >= 4 is 33.3 Å². The van der Waals surface area contributed by atoms with Crippen molar-refractivity contribution < 1.29 is 14.7 Å². The molecule has 5 heteroatoms. The Morgan fingerprint density at radius 3 is 2.81 bits per heavy atom. The molecule has 21 heavy (non-hydrogen) atoms. The first-order chi connectivity index (χ1) is 10.1. The van der Waals surface area contributed by atoms with E-state index in [1.165, 1.54) is 0 Å². The quantitative estimate of drug-likeness (QED) is 0.947. The van der Waals surface area contributed by atoms with E-state index >= 15 is 0 Å². The van der Waals surface area contributed by atoms with Crippen molar-refractivity contribution in [2.45, 2.75) is 19.8 Å². The van der Waals surface area contributed by atoms with Gasteiger partial charge >= 0.3 is 5.97 Å². The number of carboxylic acid groups (broad SMARTS) is 1. The highest BCUT2D eigenvalue weighted by atomic mass is 32.1. The number of likely N-dealkylation sites (tertiary alicyclic amines) is 1. The van der Waals surface area contributed by atoms with Crippen LogP contribution in [0.25, 0.3) is 10.1 Å². The lowest BCUT2D eigenvalue weighted by Gasteiger charge is -2.23. The number of amides is 1. The van der Waals surface area contributed by atoms with Crippen LogP contribution in [-0.2, 0) is 4.79 Å². The molecule has 1 unspecified atom stereocenters. The van der Waals surface area contributed by atoms with Gasteiger partial charge in [-0.3, -0.25) is 9.59 Å². The zero-order valence-corrected chi connectivity index (χ0v) is 12.7. The molecule has 1 aromatic heterocycles. The first kappa shape index (κ1) is 14.1. The molecule has 1 fully saturated rings. The summed E-state index contributed by atoms with van der Waals surface area (Å²) in [4.78, 5) is 25.9. The number of aliphatic carboxylic acids is 1. The molecule has 110 valence electrons. The van der Waals surface area contributed by atoms with E-state index in [2.05, 4.69) is 0 Å². The first-order valence-corrected chi connectivity index (χ1v) is 7.94. The van der Waals surface area contributed by atoms with Crippen molar-refractivity contribution in [3.05, 3.63) is 35.2 Å². The third kappa shape index (κ3) is 2.21. The van der Waals surface area contributed by atoms with Gasteiger partial charge in [-0.15, -0.1) is 11.3 Å². The molecule has 3 rings (SSSR count). The minimum atomic E-state index is -0.796. The van der Waals surface area contributed by atoms with E-state index in [1.54, 1.807) is 16.2 Å². The van der Waals surface area contributed by atoms with Gasteiger partial charge in [-0.25, -0.2) is 0 Å². The number of hydrogen-bond donors (Lipinski definition) is 1. The van der Waals surface area contributed by atoms with Crippen LogP contribution < -0.4 is 0 Å². The summed E-state index contributed by atoms with van der Waals surface area (Å²) in [6.45, 7) is 2.70. The Labute approximate surface area is 127 Å². The van der Waals surface area contributed by atoms with Crippen LogP contribution >= 0.6 is 11.3 Å². The summed E-state index contributed by atoms with van der Waals surface area (Å²) >= 11 is 1.55. The van der Waals surface area contributed by atoms with Crippen LogP contribution in [0.2, 0.25) is 0 Å². The first-order valence-electron chi connectivity index (χ1n) is 7.06. The lowest BCUT2D eigenvalue weighted by molar-refractivity contribution is -0.148. The highest BCUT2D eigenvalue weighted by molar-refractivity contribution is 7.17. The second-order valence-corrected chi connectivity index (χ2v) is 6.47. The molecule has 1 atom stereocenters. The number of carboxylic acids is 1. The van der Waals surface area contributed by atoms with Gasteiger partial charge in [0.25, 0.3) is 5.91 Å². The molecule has 0 spiro atoms. The van der Waals surface area contributed by atoms with Gasteiger partial charge in [-0.2, -0.15) is 0 Å². The molecule has 1 aliphatic rings. The minimum absolute atomic E-state index is 0.0518. The van der Waals surface area contributed by atoms with Gasteiger partial charge in [-0.05, 0) is 18.9 Å². The van der Waals surface area contributed by atoms with E-state index in [-0.39, 0.29) is 5.91 Å². The molecule has 1 aliphatic heterocycles. The summed E-state index contributed by atoms with van der Waals surface area (Å²) in [5.74, 6) is -0.848. The Morgan fingerprint density at radius 1 is 1.38 bits per heavy atom. The van der Waals surface area contributed by atoms with E-state index in [0.29, 0.717) is 31.5 Å². The van der Waals surface area contributed by atoms with Gasteiger partial charge in [0.05, 0.1) is 11.0 Å². The lowest BCUT2D eigenvalue weighted by atomic mass is 9.84. The molecule has 0 saturated carbocycles. The highest BCUT2D eigenvalue weighted by Gasteiger charge is 2.45. The van der Waals surface area contributed by atoms with Crippen molar-refractivity contribution in [2.24, 2.45) is 5.41 Å². The third-order valence-corrected chi connectivity index (χ3v) is 5.45. The summed E-state index contributed by atoms with van der Waals surface area (Å²) in [7, 11) is 0. The smallest absolute Gasteiger partial charge is 0.311 e. The average molecular weight is 303 g/mol. The molecule has 1 aromatic carbocycles. The van der Waals surface area contributed by atoms with Gasteiger partial charge in [0.15, 0.2) is 0 Å². The van der Waals surface area contributed by atoms with Crippen molar-refractivity contribution in [3.63, 3.8) is 0 Å². The molecular weight excluding hydrogens is 286 g/mol. The van der Waals surface area contributed by atoms with Gasteiger partial charge in [0.2, 0.25) is 0 Å². The van der Waals surface area contributed by atoms with Crippen molar-refractivity contribution in [1.29, 1.82) is 0 Å². The van der Waals surface area contributed by atoms with Crippen LogP contribution in [0.1, 0.15) is 30.1 Å². The largest absolute Gasteiger partial charge is 0.481 e.